The van der Waals surface area contributed by atoms with Gasteiger partial charge in [-0.25, -0.2) is 4.99 Å². The molecule has 0 aliphatic carbocycles. The van der Waals surface area contributed by atoms with Gasteiger partial charge in [-0.1, -0.05) is 20.8 Å². The van der Waals surface area contributed by atoms with Crippen molar-refractivity contribution in [3.05, 3.63) is 0 Å². The minimum atomic E-state index is -4.34. The van der Waals surface area contributed by atoms with Crippen molar-refractivity contribution >= 4 is 11.5 Å². The van der Waals surface area contributed by atoms with Crippen LogP contribution in [0, 0.1) is 5.41 Å². The number of aliphatic imine (C=N–C) groups is 2. The molecule has 0 aromatic heterocycles. The van der Waals surface area contributed by atoms with Crippen LogP contribution in [-0.4, -0.2) is 24.3 Å². The number of hydrogen-bond acceptors (Lipinski definition) is 2. The lowest BCUT2D eigenvalue weighted by Gasteiger charge is -2.14. The molecule has 0 aromatic rings. The van der Waals surface area contributed by atoms with Crippen LogP contribution in [0.1, 0.15) is 20.8 Å². The van der Waals surface area contributed by atoms with Crippen molar-refractivity contribution in [2.45, 2.75) is 26.9 Å². The van der Waals surface area contributed by atoms with E-state index in [0.717, 1.165) is 0 Å². The Morgan fingerprint density at radius 2 is 1.69 bits per heavy atom. The smallest absolute Gasteiger partial charge is 0.264 e. The Labute approximate surface area is 74.6 Å². The molecule has 0 amide bonds. The second kappa shape index (κ2) is 2.82. The molecule has 0 saturated carbocycles. The molecule has 5 heteroatoms. The van der Waals surface area contributed by atoms with Gasteiger partial charge in [0.1, 0.15) is 11.5 Å². The van der Waals surface area contributed by atoms with Crippen molar-refractivity contribution in [2.75, 3.05) is 6.54 Å². The van der Waals surface area contributed by atoms with Crippen LogP contribution in [0.2, 0.25) is 0 Å². The second-order valence-electron chi connectivity index (χ2n) is 3.95. The van der Waals surface area contributed by atoms with Crippen molar-refractivity contribution < 1.29 is 13.2 Å². The number of alkyl halides is 3. The van der Waals surface area contributed by atoms with Gasteiger partial charge in [-0.3, -0.25) is 4.99 Å². The Balaban J connectivity index is 2.84. The fourth-order valence-electron chi connectivity index (χ4n) is 0.906. The molecule has 1 aliphatic rings. The summed E-state index contributed by atoms with van der Waals surface area (Å²) in [5, 5.41) is 0. The molecule has 0 fully saturated rings. The van der Waals surface area contributed by atoms with Gasteiger partial charge in [0.2, 0.25) is 0 Å². The first-order chi connectivity index (χ1) is 5.71. The van der Waals surface area contributed by atoms with E-state index in [4.69, 9.17) is 0 Å². The molecule has 1 aliphatic heterocycles. The highest BCUT2D eigenvalue weighted by Gasteiger charge is 2.39. The van der Waals surface area contributed by atoms with Gasteiger partial charge < -0.3 is 0 Å². The van der Waals surface area contributed by atoms with Crippen molar-refractivity contribution in [1.82, 2.24) is 0 Å². The predicted molar refractivity (Wildman–Crippen MR) is 45.2 cm³/mol. The van der Waals surface area contributed by atoms with Crippen LogP contribution in [-0.2, 0) is 0 Å². The fourth-order valence-corrected chi connectivity index (χ4v) is 0.906. The predicted octanol–water partition coefficient (Wildman–Crippen LogP) is 2.45. The monoisotopic (exact) mass is 192 g/mol. The molecule has 0 spiro atoms. The highest BCUT2D eigenvalue weighted by Crippen LogP contribution is 2.25. The average Bonchev–Trinajstić information content (AvgIpc) is 2.28. The molecule has 1 rings (SSSR count). The SMILES string of the molecule is CC(C)(C)C1=NCC(C(F)(F)F)=N1. The minimum absolute atomic E-state index is 0.278. The van der Waals surface area contributed by atoms with E-state index in [1.807, 2.05) is 0 Å². The van der Waals surface area contributed by atoms with E-state index < -0.39 is 17.3 Å². The lowest BCUT2D eigenvalue weighted by atomic mass is 9.95. The zero-order chi connectivity index (χ0) is 10.3. The normalized spacial score (nSPS) is 18.6. The number of amidine groups is 1. The molecule has 0 unspecified atom stereocenters. The van der Waals surface area contributed by atoms with E-state index >= 15 is 0 Å². The van der Waals surface area contributed by atoms with Gasteiger partial charge >= 0.3 is 6.18 Å². The van der Waals surface area contributed by atoms with Crippen molar-refractivity contribution in [3.63, 3.8) is 0 Å². The minimum Gasteiger partial charge on any atom is -0.264 e. The summed E-state index contributed by atoms with van der Waals surface area (Å²) in [6.45, 7) is 5.02. The topological polar surface area (TPSA) is 24.7 Å². The quantitative estimate of drug-likeness (QED) is 0.563. The van der Waals surface area contributed by atoms with Gasteiger partial charge in [-0.05, 0) is 0 Å². The molecule has 0 radical (unpaired) electrons. The third kappa shape index (κ3) is 2.29. The van der Waals surface area contributed by atoms with Gasteiger partial charge in [0.15, 0.2) is 0 Å². The molecule has 0 N–H and O–H groups in total. The molecule has 0 aromatic carbocycles. The summed E-state index contributed by atoms with van der Waals surface area (Å²) in [5.41, 5.74) is -1.20. The molecule has 0 bridgehead atoms. The highest BCUT2D eigenvalue weighted by atomic mass is 19.4. The molecule has 2 nitrogen and oxygen atoms in total. The largest absolute Gasteiger partial charge is 0.431 e. The van der Waals surface area contributed by atoms with Crippen LogP contribution in [0.3, 0.4) is 0 Å². The lowest BCUT2D eigenvalue weighted by molar-refractivity contribution is -0.0592. The maximum absolute atomic E-state index is 12.1. The Bertz CT molecular complexity index is 268. The maximum atomic E-state index is 12.1. The first kappa shape index (κ1) is 10.2. The zero-order valence-electron chi connectivity index (χ0n) is 7.74. The Morgan fingerprint density at radius 1 is 1.15 bits per heavy atom. The Morgan fingerprint density at radius 3 is 1.92 bits per heavy atom. The number of halogens is 3. The van der Waals surface area contributed by atoms with Crippen molar-refractivity contribution in [1.29, 1.82) is 0 Å². The van der Waals surface area contributed by atoms with Crippen LogP contribution in [0.25, 0.3) is 0 Å². The Kier molecular flexibility index (Phi) is 2.21. The second-order valence-corrected chi connectivity index (χ2v) is 3.95. The first-order valence-electron chi connectivity index (χ1n) is 3.91. The molecule has 74 valence electrons. The fraction of sp³-hybridized carbons (Fsp3) is 0.750. The highest BCUT2D eigenvalue weighted by molar-refractivity contribution is 6.08. The van der Waals surface area contributed by atoms with E-state index in [1.54, 1.807) is 20.8 Å². The molecule has 0 atom stereocenters. The van der Waals surface area contributed by atoms with E-state index in [-0.39, 0.29) is 12.4 Å². The molecular formula is C8H11F3N2. The summed E-state index contributed by atoms with van der Waals surface area (Å²) in [4.78, 5) is 7.22. The van der Waals surface area contributed by atoms with E-state index in [1.165, 1.54) is 0 Å². The molecule has 13 heavy (non-hydrogen) atoms. The molecule has 1 heterocycles. The summed E-state index contributed by atoms with van der Waals surface area (Å²) >= 11 is 0. The molecular weight excluding hydrogens is 181 g/mol. The first-order valence-corrected chi connectivity index (χ1v) is 3.91. The van der Waals surface area contributed by atoms with Gasteiger partial charge in [-0.2, -0.15) is 13.2 Å². The van der Waals surface area contributed by atoms with Crippen molar-refractivity contribution in [2.24, 2.45) is 15.4 Å². The van der Waals surface area contributed by atoms with Crippen LogP contribution in [0.15, 0.2) is 9.98 Å². The van der Waals surface area contributed by atoms with Gasteiger partial charge in [0, 0.05) is 5.41 Å². The van der Waals surface area contributed by atoms with Gasteiger partial charge in [-0.15, -0.1) is 0 Å². The summed E-state index contributed by atoms with van der Waals surface area (Å²) in [7, 11) is 0. The average molecular weight is 192 g/mol. The lowest BCUT2D eigenvalue weighted by Crippen LogP contribution is -2.24. The van der Waals surface area contributed by atoms with Crippen molar-refractivity contribution in [3.8, 4) is 0 Å². The summed E-state index contributed by atoms with van der Waals surface area (Å²) < 4.78 is 36.4. The summed E-state index contributed by atoms with van der Waals surface area (Å²) in [6, 6.07) is 0. The van der Waals surface area contributed by atoms with Crippen LogP contribution >= 0.6 is 0 Å². The molecule has 0 saturated heterocycles. The third-order valence-electron chi connectivity index (χ3n) is 1.62. The number of nitrogens with zero attached hydrogens (tertiary/aromatic N) is 2. The van der Waals surface area contributed by atoms with Crippen LogP contribution in [0.4, 0.5) is 13.2 Å². The van der Waals surface area contributed by atoms with Gasteiger partial charge in [0.25, 0.3) is 0 Å². The summed E-state index contributed by atoms with van der Waals surface area (Å²) in [6.07, 6.45) is -4.34. The van der Waals surface area contributed by atoms with E-state index in [2.05, 4.69) is 9.98 Å². The van der Waals surface area contributed by atoms with Crippen LogP contribution < -0.4 is 0 Å². The maximum Gasteiger partial charge on any atom is 0.431 e. The van der Waals surface area contributed by atoms with E-state index in [9.17, 15) is 13.2 Å². The third-order valence-corrected chi connectivity index (χ3v) is 1.62. The standard InChI is InChI=1S/C8H11F3N2/c1-7(2,3)6-12-4-5(13-6)8(9,10)11/h4H2,1-3H3. The number of rotatable bonds is 0. The van der Waals surface area contributed by atoms with Gasteiger partial charge in [0.05, 0.1) is 6.54 Å². The van der Waals surface area contributed by atoms with E-state index in [0.29, 0.717) is 0 Å². The van der Waals surface area contributed by atoms with Crippen LogP contribution in [0.5, 0.6) is 0 Å². The summed E-state index contributed by atoms with van der Waals surface area (Å²) in [5.74, 6) is 0.278. The Hall–Kier alpha value is -0.870. The zero-order valence-corrected chi connectivity index (χ0v) is 7.74. The number of hydrogen-bond donors (Lipinski definition) is 0.